The first-order valence-electron chi connectivity index (χ1n) is 11.0. The third kappa shape index (κ3) is 5.10. The summed E-state index contributed by atoms with van der Waals surface area (Å²) in [5.74, 6) is -0.366. The van der Waals surface area contributed by atoms with Crippen molar-refractivity contribution in [3.63, 3.8) is 0 Å². The fraction of sp³-hybridized carbons (Fsp3) is 0.259. The fourth-order valence-electron chi connectivity index (χ4n) is 3.89. The van der Waals surface area contributed by atoms with E-state index in [1.54, 1.807) is 25.7 Å². The Morgan fingerprint density at radius 1 is 0.971 bits per heavy atom. The van der Waals surface area contributed by atoms with E-state index < -0.39 is 17.4 Å². The van der Waals surface area contributed by atoms with Gasteiger partial charge in [0.1, 0.15) is 5.60 Å². The van der Waals surface area contributed by atoms with Gasteiger partial charge in [0, 0.05) is 9.13 Å². The van der Waals surface area contributed by atoms with Crippen LogP contribution in [0.5, 0.6) is 0 Å². The number of anilines is 1. The lowest BCUT2D eigenvalue weighted by Gasteiger charge is -2.31. The number of fused-ring (bicyclic) bond motifs is 1. The number of carbonyl (C=O) groups excluding carboxylic acids is 2. The van der Waals surface area contributed by atoms with Crippen LogP contribution in [-0.4, -0.2) is 17.6 Å². The number of nitrogens with one attached hydrogen (secondary N) is 1. The van der Waals surface area contributed by atoms with Crippen LogP contribution in [0.2, 0.25) is 0 Å². The molecule has 2 amide bonds. The van der Waals surface area contributed by atoms with Crippen LogP contribution in [0.4, 0.5) is 10.5 Å². The summed E-state index contributed by atoms with van der Waals surface area (Å²) in [5, 5.41) is 2.78. The lowest BCUT2D eigenvalue weighted by atomic mass is 10.0. The molecule has 0 radical (unpaired) electrons. The van der Waals surface area contributed by atoms with Crippen molar-refractivity contribution in [1.29, 1.82) is 0 Å². The first-order valence-corrected chi connectivity index (χ1v) is 12.1. The van der Waals surface area contributed by atoms with E-state index in [4.69, 9.17) is 9.47 Å². The average molecular weight is 570 g/mol. The van der Waals surface area contributed by atoms with Crippen molar-refractivity contribution in [2.24, 2.45) is 0 Å². The highest BCUT2D eigenvalue weighted by atomic mass is 127. The van der Waals surface area contributed by atoms with E-state index in [0.29, 0.717) is 17.8 Å². The SMILES string of the molecule is CC(C)(C)OC(=O)N[C@]1(OCc2ccccc2I)C(=O)N(Cc2ccccc2)c2ccccc21. The normalized spacial score (nSPS) is 17.4. The molecule has 1 aliphatic rings. The number of benzene rings is 3. The Balaban J connectivity index is 1.74. The van der Waals surface area contributed by atoms with Gasteiger partial charge < -0.3 is 14.4 Å². The Morgan fingerprint density at radius 2 is 1.62 bits per heavy atom. The highest BCUT2D eigenvalue weighted by Crippen LogP contribution is 2.42. The zero-order valence-electron chi connectivity index (χ0n) is 19.4. The zero-order chi connectivity index (χ0) is 24.3. The Kier molecular flexibility index (Phi) is 6.95. The molecule has 7 heteroatoms. The molecule has 176 valence electrons. The number of hydrogen-bond donors (Lipinski definition) is 1. The molecule has 0 saturated heterocycles. The van der Waals surface area contributed by atoms with E-state index in [0.717, 1.165) is 14.7 Å². The largest absolute Gasteiger partial charge is 0.444 e. The Labute approximate surface area is 213 Å². The van der Waals surface area contributed by atoms with Crippen LogP contribution in [0.15, 0.2) is 78.9 Å². The molecular weight excluding hydrogens is 543 g/mol. The number of nitrogens with zero attached hydrogens (tertiary/aromatic N) is 1. The summed E-state index contributed by atoms with van der Waals surface area (Å²) in [4.78, 5) is 28.6. The van der Waals surface area contributed by atoms with Crippen LogP contribution in [0, 0.1) is 3.57 Å². The third-order valence-corrected chi connectivity index (χ3v) is 6.44. The van der Waals surface area contributed by atoms with Crippen molar-refractivity contribution < 1.29 is 19.1 Å². The maximum Gasteiger partial charge on any atom is 0.410 e. The summed E-state index contributed by atoms with van der Waals surface area (Å²) in [6.45, 7) is 5.81. The van der Waals surface area contributed by atoms with Crippen molar-refractivity contribution in [1.82, 2.24) is 5.32 Å². The van der Waals surface area contributed by atoms with Gasteiger partial charge in [0.25, 0.3) is 11.6 Å². The molecule has 4 rings (SSSR count). The second-order valence-electron chi connectivity index (χ2n) is 9.08. The monoisotopic (exact) mass is 570 g/mol. The molecule has 1 atom stereocenters. The molecule has 0 fully saturated rings. The van der Waals surface area contributed by atoms with E-state index >= 15 is 0 Å². The van der Waals surface area contributed by atoms with Gasteiger partial charge in [0.2, 0.25) is 0 Å². The van der Waals surface area contributed by atoms with Gasteiger partial charge in [-0.3, -0.25) is 10.1 Å². The van der Waals surface area contributed by atoms with E-state index in [1.165, 1.54) is 0 Å². The summed E-state index contributed by atoms with van der Waals surface area (Å²) in [5.41, 5.74) is 0.705. The highest BCUT2D eigenvalue weighted by Gasteiger charge is 2.54. The number of rotatable bonds is 6. The third-order valence-electron chi connectivity index (χ3n) is 5.38. The van der Waals surface area contributed by atoms with Crippen LogP contribution in [0.25, 0.3) is 0 Å². The lowest BCUT2D eigenvalue weighted by molar-refractivity contribution is -0.151. The van der Waals surface area contributed by atoms with Crippen LogP contribution >= 0.6 is 22.6 Å². The minimum atomic E-state index is -1.72. The molecule has 0 bridgehead atoms. The zero-order valence-corrected chi connectivity index (χ0v) is 21.5. The molecule has 1 N–H and O–H groups in total. The first-order chi connectivity index (χ1) is 16.2. The number of halogens is 1. The van der Waals surface area contributed by atoms with Gasteiger partial charge in [-0.25, -0.2) is 4.79 Å². The Hall–Kier alpha value is -2.91. The maximum atomic E-state index is 14.0. The summed E-state index contributed by atoms with van der Waals surface area (Å²) in [6, 6.07) is 24.9. The van der Waals surface area contributed by atoms with E-state index in [2.05, 4.69) is 27.9 Å². The number of alkyl carbamates (subject to hydrolysis) is 1. The van der Waals surface area contributed by atoms with E-state index in [1.807, 2.05) is 78.9 Å². The summed E-state index contributed by atoms with van der Waals surface area (Å²) < 4.78 is 12.9. The number of ether oxygens (including phenoxy) is 2. The van der Waals surface area contributed by atoms with Crippen LogP contribution < -0.4 is 10.2 Å². The maximum absolute atomic E-state index is 14.0. The molecular formula is C27H27IN2O4. The van der Waals surface area contributed by atoms with Crippen molar-refractivity contribution in [3.8, 4) is 0 Å². The van der Waals surface area contributed by atoms with Gasteiger partial charge in [-0.1, -0.05) is 66.7 Å². The molecule has 1 heterocycles. The molecule has 0 aliphatic carbocycles. The number of amides is 2. The summed E-state index contributed by atoms with van der Waals surface area (Å²) in [6.07, 6.45) is -0.722. The predicted octanol–water partition coefficient (Wildman–Crippen LogP) is 5.73. The molecule has 0 unspecified atom stereocenters. The quantitative estimate of drug-likeness (QED) is 0.304. The lowest BCUT2D eigenvalue weighted by Crippen LogP contribution is -2.55. The van der Waals surface area contributed by atoms with Gasteiger partial charge in [-0.05, 0) is 66.6 Å². The summed E-state index contributed by atoms with van der Waals surface area (Å²) >= 11 is 2.23. The molecule has 0 spiro atoms. The van der Waals surface area contributed by atoms with Crippen molar-refractivity contribution in [3.05, 3.63) is 99.1 Å². The van der Waals surface area contributed by atoms with Gasteiger partial charge in [-0.15, -0.1) is 0 Å². The first kappa shape index (κ1) is 24.2. The second kappa shape index (κ2) is 9.76. The topological polar surface area (TPSA) is 67.9 Å². The molecule has 1 aliphatic heterocycles. The standard InChI is InChI=1S/C27H27IN2O4/c1-26(2,3)34-25(32)29-27(33-18-20-13-7-9-15-22(20)28)21-14-8-10-16-23(21)30(24(27)31)17-19-11-5-4-6-12-19/h4-16H,17-18H2,1-3H3,(H,29,32)/t27-/m1/s1. The smallest absolute Gasteiger partial charge is 0.410 e. The minimum absolute atomic E-state index is 0.133. The van der Waals surface area contributed by atoms with Crippen molar-refractivity contribution in [2.75, 3.05) is 4.90 Å². The van der Waals surface area contributed by atoms with Crippen LogP contribution in [0.1, 0.15) is 37.5 Å². The average Bonchev–Trinajstić information content (AvgIpc) is 3.01. The highest BCUT2D eigenvalue weighted by molar-refractivity contribution is 14.1. The molecule has 3 aromatic rings. The molecule has 0 aromatic heterocycles. The Bertz CT molecular complexity index is 1190. The van der Waals surface area contributed by atoms with Gasteiger partial charge in [0.15, 0.2) is 0 Å². The van der Waals surface area contributed by atoms with E-state index in [-0.39, 0.29) is 12.5 Å². The molecule has 34 heavy (non-hydrogen) atoms. The number of carbonyl (C=O) groups is 2. The number of hydrogen-bond acceptors (Lipinski definition) is 4. The molecule has 0 saturated carbocycles. The van der Waals surface area contributed by atoms with Crippen molar-refractivity contribution in [2.45, 2.75) is 45.2 Å². The van der Waals surface area contributed by atoms with E-state index in [9.17, 15) is 9.59 Å². The molecule has 6 nitrogen and oxygen atoms in total. The molecule has 3 aromatic carbocycles. The second-order valence-corrected chi connectivity index (χ2v) is 10.2. The fourth-order valence-corrected chi connectivity index (χ4v) is 4.43. The van der Waals surface area contributed by atoms with Gasteiger partial charge >= 0.3 is 6.09 Å². The van der Waals surface area contributed by atoms with Crippen molar-refractivity contribution >= 4 is 40.3 Å². The number of para-hydroxylation sites is 1. The predicted molar refractivity (Wildman–Crippen MR) is 139 cm³/mol. The van der Waals surface area contributed by atoms with Crippen LogP contribution in [-0.2, 0) is 33.1 Å². The van der Waals surface area contributed by atoms with Crippen LogP contribution in [0.3, 0.4) is 0 Å². The van der Waals surface area contributed by atoms with Gasteiger partial charge in [0.05, 0.1) is 18.8 Å². The van der Waals surface area contributed by atoms with Gasteiger partial charge in [-0.2, -0.15) is 0 Å². The minimum Gasteiger partial charge on any atom is -0.444 e. The Morgan fingerprint density at radius 3 is 2.32 bits per heavy atom. The summed E-state index contributed by atoms with van der Waals surface area (Å²) in [7, 11) is 0.